The van der Waals surface area contributed by atoms with Crippen molar-refractivity contribution in [1.82, 2.24) is 0 Å². The molecule has 5 heteroatoms. The summed E-state index contributed by atoms with van der Waals surface area (Å²) in [6.07, 6.45) is 4.52. The smallest absolute Gasteiger partial charge is 0.175 e. The number of hydrogen-bond acceptors (Lipinski definition) is 4. The van der Waals surface area contributed by atoms with Gasteiger partial charge in [-0.15, -0.1) is 0 Å². The molecule has 0 unspecified atom stereocenters. The van der Waals surface area contributed by atoms with Crippen LogP contribution in [0.1, 0.15) is 47.0 Å². The Labute approximate surface area is 134 Å². The Bertz CT molecular complexity index is 647. The van der Waals surface area contributed by atoms with E-state index in [9.17, 15) is 8.42 Å². The van der Waals surface area contributed by atoms with Gasteiger partial charge in [0.2, 0.25) is 0 Å². The SMILES string of the molecule is CC1(C)CC(Nc2cc(S(C)(=O)=O)ccc2N)CC(C)(C)C1. The predicted octanol–water partition coefficient (Wildman–Crippen LogP) is 3.69. The van der Waals surface area contributed by atoms with E-state index in [1.807, 2.05) is 0 Å². The van der Waals surface area contributed by atoms with Gasteiger partial charge in [-0.2, -0.15) is 0 Å². The summed E-state index contributed by atoms with van der Waals surface area (Å²) >= 11 is 0. The van der Waals surface area contributed by atoms with Crippen LogP contribution in [0, 0.1) is 10.8 Å². The Morgan fingerprint density at radius 3 is 2.18 bits per heavy atom. The maximum absolute atomic E-state index is 11.7. The molecule has 0 amide bonds. The predicted molar refractivity (Wildman–Crippen MR) is 92.8 cm³/mol. The zero-order valence-corrected chi connectivity index (χ0v) is 15.0. The zero-order chi connectivity index (χ0) is 16.8. The molecule has 124 valence electrons. The second-order valence-corrected chi connectivity index (χ2v) is 10.3. The summed E-state index contributed by atoms with van der Waals surface area (Å²) in [6, 6.07) is 5.18. The average molecular weight is 324 g/mol. The van der Waals surface area contributed by atoms with Crippen molar-refractivity contribution in [1.29, 1.82) is 0 Å². The van der Waals surface area contributed by atoms with Gasteiger partial charge in [0.1, 0.15) is 0 Å². The first kappa shape index (κ1) is 17.1. The molecule has 1 fully saturated rings. The van der Waals surface area contributed by atoms with Crippen LogP contribution < -0.4 is 11.1 Å². The van der Waals surface area contributed by atoms with Gasteiger partial charge in [0.15, 0.2) is 9.84 Å². The van der Waals surface area contributed by atoms with E-state index in [1.165, 1.54) is 12.7 Å². The number of nitrogens with one attached hydrogen (secondary N) is 1. The number of benzene rings is 1. The van der Waals surface area contributed by atoms with Gasteiger partial charge in [0.25, 0.3) is 0 Å². The lowest BCUT2D eigenvalue weighted by Gasteiger charge is -2.45. The van der Waals surface area contributed by atoms with E-state index in [2.05, 4.69) is 33.0 Å². The first-order valence-electron chi connectivity index (χ1n) is 7.74. The highest BCUT2D eigenvalue weighted by molar-refractivity contribution is 7.90. The minimum atomic E-state index is -3.22. The van der Waals surface area contributed by atoms with E-state index in [-0.39, 0.29) is 10.8 Å². The summed E-state index contributed by atoms with van der Waals surface area (Å²) in [5.74, 6) is 0. The minimum absolute atomic E-state index is 0.266. The summed E-state index contributed by atoms with van der Waals surface area (Å²) in [5, 5.41) is 3.48. The highest BCUT2D eigenvalue weighted by Gasteiger charge is 2.38. The molecular formula is C17H28N2O2S. The second kappa shape index (κ2) is 5.44. The minimum Gasteiger partial charge on any atom is -0.397 e. The lowest BCUT2D eigenvalue weighted by Crippen LogP contribution is -2.40. The van der Waals surface area contributed by atoms with E-state index >= 15 is 0 Å². The topological polar surface area (TPSA) is 72.2 Å². The van der Waals surface area contributed by atoms with Gasteiger partial charge in [-0.1, -0.05) is 27.7 Å². The summed E-state index contributed by atoms with van der Waals surface area (Å²) in [7, 11) is -3.22. The average Bonchev–Trinajstić information content (AvgIpc) is 2.26. The standard InChI is InChI=1S/C17H28N2O2S/c1-16(2)9-12(10-17(3,4)11-16)19-15-8-13(22(5,20)21)6-7-14(15)18/h6-8,12,19H,9-11,18H2,1-5H3. The molecule has 1 aromatic rings. The van der Waals surface area contributed by atoms with Crippen molar-refractivity contribution in [3.8, 4) is 0 Å². The van der Waals surface area contributed by atoms with Crippen LogP contribution in [0.4, 0.5) is 11.4 Å². The molecule has 0 saturated heterocycles. The maximum Gasteiger partial charge on any atom is 0.175 e. The maximum atomic E-state index is 11.7. The van der Waals surface area contributed by atoms with Crippen molar-refractivity contribution in [2.45, 2.75) is 57.9 Å². The summed E-state index contributed by atoms with van der Waals surface area (Å²) in [4.78, 5) is 0.304. The number of hydrogen-bond donors (Lipinski definition) is 2. The molecule has 1 aliphatic rings. The Hall–Kier alpha value is -1.23. The summed E-state index contributed by atoms with van der Waals surface area (Å²) in [5.41, 5.74) is 7.88. The number of nitrogens with two attached hydrogens (primary N) is 1. The summed E-state index contributed by atoms with van der Waals surface area (Å²) < 4.78 is 23.5. The molecular weight excluding hydrogens is 296 g/mol. The fraction of sp³-hybridized carbons (Fsp3) is 0.647. The van der Waals surface area contributed by atoms with Gasteiger partial charge >= 0.3 is 0 Å². The normalized spacial score (nSPS) is 21.5. The third-order valence-corrected chi connectivity index (χ3v) is 5.48. The number of anilines is 2. The molecule has 1 aromatic carbocycles. The molecule has 0 aromatic heterocycles. The second-order valence-electron chi connectivity index (χ2n) is 8.28. The molecule has 0 heterocycles. The van der Waals surface area contributed by atoms with Crippen molar-refractivity contribution >= 4 is 21.2 Å². The van der Waals surface area contributed by atoms with Gasteiger partial charge in [-0.05, 0) is 48.3 Å². The zero-order valence-electron chi connectivity index (χ0n) is 14.2. The summed E-state index contributed by atoms with van der Waals surface area (Å²) in [6.45, 7) is 9.16. The number of rotatable bonds is 3. The Balaban J connectivity index is 2.27. The van der Waals surface area contributed by atoms with Crippen LogP contribution in [-0.4, -0.2) is 20.7 Å². The van der Waals surface area contributed by atoms with Crippen LogP contribution in [0.5, 0.6) is 0 Å². The van der Waals surface area contributed by atoms with Crippen LogP contribution >= 0.6 is 0 Å². The molecule has 2 rings (SSSR count). The third-order valence-electron chi connectivity index (χ3n) is 4.37. The van der Waals surface area contributed by atoms with E-state index in [0.29, 0.717) is 16.6 Å². The van der Waals surface area contributed by atoms with E-state index in [4.69, 9.17) is 5.73 Å². The number of nitrogen functional groups attached to an aromatic ring is 1. The van der Waals surface area contributed by atoms with Crippen molar-refractivity contribution in [2.75, 3.05) is 17.3 Å². The van der Waals surface area contributed by atoms with Gasteiger partial charge in [-0.3, -0.25) is 0 Å². The van der Waals surface area contributed by atoms with E-state index in [0.717, 1.165) is 18.5 Å². The van der Waals surface area contributed by atoms with Gasteiger partial charge in [0, 0.05) is 12.3 Å². The van der Waals surface area contributed by atoms with Gasteiger partial charge < -0.3 is 11.1 Å². The van der Waals surface area contributed by atoms with E-state index < -0.39 is 9.84 Å². The molecule has 0 bridgehead atoms. The van der Waals surface area contributed by atoms with Crippen LogP contribution in [-0.2, 0) is 9.84 Å². The molecule has 3 N–H and O–H groups in total. The monoisotopic (exact) mass is 324 g/mol. The van der Waals surface area contributed by atoms with Crippen molar-refractivity contribution in [2.24, 2.45) is 10.8 Å². The Morgan fingerprint density at radius 1 is 1.14 bits per heavy atom. The molecule has 0 atom stereocenters. The third kappa shape index (κ3) is 4.15. The number of sulfone groups is 1. The van der Waals surface area contributed by atoms with Crippen LogP contribution in [0.15, 0.2) is 23.1 Å². The first-order valence-corrected chi connectivity index (χ1v) is 9.63. The molecule has 0 spiro atoms. The Morgan fingerprint density at radius 2 is 1.68 bits per heavy atom. The van der Waals surface area contributed by atoms with Gasteiger partial charge in [-0.25, -0.2) is 8.42 Å². The van der Waals surface area contributed by atoms with Crippen molar-refractivity contribution in [3.05, 3.63) is 18.2 Å². The van der Waals surface area contributed by atoms with Gasteiger partial charge in [0.05, 0.1) is 16.3 Å². The lowest BCUT2D eigenvalue weighted by molar-refractivity contribution is 0.105. The van der Waals surface area contributed by atoms with Crippen LogP contribution in [0.3, 0.4) is 0 Å². The largest absolute Gasteiger partial charge is 0.397 e. The molecule has 1 aliphatic carbocycles. The molecule has 4 nitrogen and oxygen atoms in total. The highest BCUT2D eigenvalue weighted by Crippen LogP contribution is 2.46. The quantitative estimate of drug-likeness (QED) is 0.832. The van der Waals surface area contributed by atoms with Crippen LogP contribution in [0.25, 0.3) is 0 Å². The van der Waals surface area contributed by atoms with Crippen LogP contribution in [0.2, 0.25) is 0 Å². The fourth-order valence-electron chi connectivity index (χ4n) is 4.06. The lowest BCUT2D eigenvalue weighted by atomic mass is 9.63. The molecule has 22 heavy (non-hydrogen) atoms. The Kier molecular flexibility index (Phi) is 4.24. The fourth-order valence-corrected chi connectivity index (χ4v) is 4.71. The van der Waals surface area contributed by atoms with Crippen molar-refractivity contribution < 1.29 is 8.42 Å². The molecule has 0 aliphatic heterocycles. The first-order chi connectivity index (χ1) is 9.88. The van der Waals surface area contributed by atoms with E-state index in [1.54, 1.807) is 18.2 Å². The molecule has 0 radical (unpaired) electrons. The molecule has 1 saturated carbocycles. The highest BCUT2D eigenvalue weighted by atomic mass is 32.2. The van der Waals surface area contributed by atoms with Crippen molar-refractivity contribution in [3.63, 3.8) is 0 Å².